The molecule has 0 unspecified atom stereocenters. The summed E-state index contributed by atoms with van der Waals surface area (Å²) in [5.41, 5.74) is 0.791. The molecule has 0 aliphatic carbocycles. The molecule has 0 N–H and O–H groups in total. The molecular weight excluding hydrogens is 310 g/mol. The van der Waals surface area contributed by atoms with E-state index in [1.807, 2.05) is 12.1 Å². The van der Waals surface area contributed by atoms with E-state index in [0.29, 0.717) is 32.7 Å². The maximum absolute atomic E-state index is 8.84. The van der Waals surface area contributed by atoms with Crippen molar-refractivity contribution in [3.05, 3.63) is 57.6 Å². The highest BCUT2D eigenvalue weighted by molar-refractivity contribution is 6.31. The molecule has 0 amide bonds. The first kappa shape index (κ1) is 15.1. The Bertz CT molecular complexity index is 690. The minimum Gasteiger partial charge on any atom is -0.528 e. The van der Waals surface area contributed by atoms with Gasteiger partial charge in [0.15, 0.2) is 0 Å². The van der Waals surface area contributed by atoms with Crippen LogP contribution in [0.1, 0.15) is 11.1 Å². The van der Waals surface area contributed by atoms with Crippen LogP contribution in [0.4, 0.5) is 0 Å². The van der Waals surface area contributed by atoms with Crippen LogP contribution in [0.15, 0.2) is 36.4 Å². The van der Waals surface area contributed by atoms with Crippen molar-refractivity contribution in [2.45, 2.75) is 0 Å². The zero-order valence-corrected chi connectivity index (χ0v) is 12.1. The van der Waals surface area contributed by atoms with E-state index in [9.17, 15) is 0 Å². The van der Waals surface area contributed by atoms with E-state index in [1.54, 1.807) is 24.3 Å². The number of benzene rings is 2. The van der Waals surface area contributed by atoms with Crippen LogP contribution in [0, 0.1) is 22.7 Å². The molecule has 0 spiro atoms. The molecule has 102 valence electrons. The van der Waals surface area contributed by atoms with E-state index in [1.165, 1.54) is 12.1 Å². The second-order valence-corrected chi connectivity index (χ2v) is 4.85. The van der Waals surface area contributed by atoms with Crippen LogP contribution in [0.2, 0.25) is 10.0 Å². The fourth-order valence-electron chi connectivity index (χ4n) is 1.59. The maximum atomic E-state index is 8.84. The van der Waals surface area contributed by atoms with Crippen LogP contribution in [0.25, 0.3) is 0 Å². The van der Waals surface area contributed by atoms with Crippen molar-refractivity contribution >= 4 is 30.9 Å². The third kappa shape index (κ3) is 4.32. The molecule has 0 bridgehead atoms. The van der Waals surface area contributed by atoms with Crippen LogP contribution in [-0.4, -0.2) is 7.69 Å². The first-order valence-corrected chi connectivity index (χ1v) is 6.53. The summed E-state index contributed by atoms with van der Waals surface area (Å²) < 4.78 is 10.7. The van der Waals surface area contributed by atoms with Crippen molar-refractivity contribution in [2.24, 2.45) is 0 Å². The summed E-state index contributed by atoms with van der Waals surface area (Å²) in [6.45, 7) is 0. The first-order valence-electron chi connectivity index (χ1n) is 5.77. The monoisotopic (exact) mass is 316 g/mol. The third-order valence-electron chi connectivity index (χ3n) is 2.45. The molecule has 0 aliphatic heterocycles. The minimum absolute atomic E-state index is 0.101. The molecule has 0 aliphatic rings. The van der Waals surface area contributed by atoms with Crippen LogP contribution in [0.3, 0.4) is 0 Å². The highest BCUT2D eigenvalue weighted by atomic mass is 35.5. The third-order valence-corrected chi connectivity index (χ3v) is 2.89. The van der Waals surface area contributed by atoms with E-state index in [0.717, 1.165) is 0 Å². The summed E-state index contributed by atoms with van der Waals surface area (Å²) in [5.74, 6) is 0.836. The molecule has 2 rings (SSSR count). The van der Waals surface area contributed by atoms with E-state index in [2.05, 4.69) is 0 Å². The van der Waals surface area contributed by atoms with Crippen LogP contribution >= 0.6 is 23.2 Å². The Hall–Kier alpha value is -2.34. The smallest absolute Gasteiger partial charge is 0.528 e. The van der Waals surface area contributed by atoms with Gasteiger partial charge in [0.2, 0.25) is 0 Å². The zero-order valence-electron chi connectivity index (χ0n) is 10.6. The highest BCUT2D eigenvalue weighted by Gasteiger charge is 2.05. The fraction of sp³-hybridized carbons (Fsp3) is 0. The molecule has 0 radical (unpaired) electrons. The number of nitrogens with zero attached hydrogens (tertiary/aromatic N) is 2. The SMILES string of the molecule is N#Cc1cc(Cl)cc(OBOc2cc(Cl)cc(C#N)c2)c1. The summed E-state index contributed by atoms with van der Waals surface area (Å²) >= 11 is 11.7. The second-order valence-electron chi connectivity index (χ2n) is 3.98. The number of hydrogen-bond donors (Lipinski definition) is 0. The standard InChI is InChI=1S/C14H7BCl2N2O2/c16-11-1-9(7-18)3-13(5-11)20-15-21-14-4-10(8-19)2-12(17)6-14/h1-6,15H. The van der Waals surface area contributed by atoms with Crippen molar-refractivity contribution < 1.29 is 9.31 Å². The molecule has 7 heteroatoms. The van der Waals surface area contributed by atoms with Gasteiger partial charge in [0, 0.05) is 10.0 Å². The van der Waals surface area contributed by atoms with Gasteiger partial charge in [-0.15, -0.1) is 0 Å². The van der Waals surface area contributed by atoms with E-state index >= 15 is 0 Å². The van der Waals surface area contributed by atoms with Gasteiger partial charge in [-0.25, -0.2) is 0 Å². The van der Waals surface area contributed by atoms with Crippen molar-refractivity contribution in [1.82, 2.24) is 0 Å². The number of halogens is 2. The Labute approximate surface area is 132 Å². The molecule has 0 heterocycles. The van der Waals surface area contributed by atoms with Crippen LogP contribution in [-0.2, 0) is 0 Å². The number of nitriles is 2. The van der Waals surface area contributed by atoms with Crippen molar-refractivity contribution in [1.29, 1.82) is 10.5 Å². The Morgan fingerprint density at radius 2 is 1.19 bits per heavy atom. The van der Waals surface area contributed by atoms with Crippen LogP contribution < -0.4 is 9.31 Å². The summed E-state index contributed by atoms with van der Waals surface area (Å²) in [4.78, 5) is 0. The van der Waals surface area contributed by atoms with E-state index in [-0.39, 0.29) is 7.69 Å². The molecule has 0 saturated carbocycles. The molecule has 21 heavy (non-hydrogen) atoms. The Morgan fingerprint density at radius 3 is 1.57 bits per heavy atom. The first-order chi connectivity index (χ1) is 10.1. The van der Waals surface area contributed by atoms with Gasteiger partial charge in [0.05, 0.1) is 23.3 Å². The Morgan fingerprint density at radius 1 is 0.762 bits per heavy atom. The van der Waals surface area contributed by atoms with Gasteiger partial charge < -0.3 is 9.31 Å². The van der Waals surface area contributed by atoms with E-state index < -0.39 is 0 Å². The predicted molar refractivity (Wildman–Crippen MR) is 80.7 cm³/mol. The van der Waals surface area contributed by atoms with Crippen molar-refractivity contribution in [3.63, 3.8) is 0 Å². The van der Waals surface area contributed by atoms with Gasteiger partial charge in [-0.2, -0.15) is 10.5 Å². The number of rotatable bonds is 4. The highest BCUT2D eigenvalue weighted by Crippen LogP contribution is 2.22. The fourth-order valence-corrected chi connectivity index (χ4v) is 2.04. The average Bonchev–Trinajstić information content (AvgIpc) is 2.46. The summed E-state index contributed by atoms with van der Waals surface area (Å²) in [6, 6.07) is 13.3. The number of hydrogen-bond acceptors (Lipinski definition) is 4. The summed E-state index contributed by atoms with van der Waals surface area (Å²) in [5, 5.41) is 18.5. The molecule has 2 aromatic carbocycles. The van der Waals surface area contributed by atoms with Crippen molar-refractivity contribution in [3.8, 4) is 23.6 Å². The molecule has 0 saturated heterocycles. The molecule has 4 nitrogen and oxygen atoms in total. The maximum Gasteiger partial charge on any atom is 0.576 e. The minimum atomic E-state index is -0.101. The molecule has 0 fully saturated rings. The predicted octanol–water partition coefficient (Wildman–Crippen LogP) is 3.46. The molecule has 0 atom stereocenters. The lowest BCUT2D eigenvalue weighted by atomic mass is 10.2. The van der Waals surface area contributed by atoms with Gasteiger partial charge in [-0.1, -0.05) is 23.2 Å². The summed E-state index contributed by atoms with van der Waals surface area (Å²) in [6.07, 6.45) is 0. The Kier molecular flexibility index (Phi) is 4.95. The zero-order chi connectivity index (χ0) is 15.2. The molecule has 2 aromatic rings. The topological polar surface area (TPSA) is 66.0 Å². The van der Waals surface area contributed by atoms with Gasteiger partial charge in [-0.05, 0) is 36.4 Å². The molecular formula is C14H7BCl2N2O2. The summed E-state index contributed by atoms with van der Waals surface area (Å²) in [7, 11) is -0.101. The second kappa shape index (κ2) is 6.90. The normalized spacial score (nSPS) is 9.33. The van der Waals surface area contributed by atoms with E-state index in [4.69, 9.17) is 43.0 Å². The Balaban J connectivity index is 2.02. The van der Waals surface area contributed by atoms with Crippen LogP contribution in [0.5, 0.6) is 11.5 Å². The lowest BCUT2D eigenvalue weighted by Gasteiger charge is -2.08. The van der Waals surface area contributed by atoms with Gasteiger partial charge in [0.25, 0.3) is 0 Å². The quantitative estimate of drug-likeness (QED) is 0.810. The van der Waals surface area contributed by atoms with Crippen molar-refractivity contribution in [2.75, 3.05) is 0 Å². The van der Waals surface area contributed by atoms with Gasteiger partial charge in [0.1, 0.15) is 11.5 Å². The van der Waals surface area contributed by atoms with Gasteiger partial charge >= 0.3 is 7.69 Å². The lowest BCUT2D eigenvalue weighted by Crippen LogP contribution is -2.11. The molecule has 0 aromatic heterocycles. The average molecular weight is 317 g/mol. The van der Waals surface area contributed by atoms with Gasteiger partial charge in [-0.3, -0.25) is 0 Å². The largest absolute Gasteiger partial charge is 0.576 e. The lowest BCUT2D eigenvalue weighted by molar-refractivity contribution is 0.459.